The third-order valence-corrected chi connectivity index (χ3v) is 5.97. The molecule has 1 atom stereocenters. The largest absolute Gasteiger partial charge is 0.493 e. The fourth-order valence-corrected chi connectivity index (χ4v) is 4.13. The molecule has 2 aliphatic rings. The third-order valence-electron chi connectivity index (χ3n) is 5.97. The van der Waals surface area contributed by atoms with Crippen molar-refractivity contribution in [2.75, 3.05) is 45.9 Å². The monoisotopic (exact) mass is 393 g/mol. The van der Waals surface area contributed by atoms with Gasteiger partial charge in [0.05, 0.1) is 13.2 Å². The van der Waals surface area contributed by atoms with Crippen LogP contribution in [0.5, 0.6) is 5.75 Å². The molecule has 1 saturated heterocycles. The lowest BCUT2D eigenvalue weighted by Gasteiger charge is -2.34. The molecule has 0 bridgehead atoms. The summed E-state index contributed by atoms with van der Waals surface area (Å²) in [6.07, 6.45) is 1.02. The first-order valence-electron chi connectivity index (χ1n) is 10.7. The number of carbonyl (C=O) groups excluding carboxylic acids is 1. The number of nitrogens with zero attached hydrogens (tertiary/aromatic N) is 2. The average molecular weight is 394 g/mol. The van der Waals surface area contributed by atoms with Crippen LogP contribution in [-0.2, 0) is 17.8 Å². The number of rotatable bonds is 7. The molecule has 0 saturated carbocycles. The molecule has 1 fully saturated rings. The molecular formula is C24H31N3O2. The van der Waals surface area contributed by atoms with Crippen molar-refractivity contribution in [3.05, 3.63) is 65.2 Å². The van der Waals surface area contributed by atoms with E-state index in [4.69, 9.17) is 4.74 Å². The van der Waals surface area contributed by atoms with E-state index in [1.54, 1.807) is 0 Å². The Labute approximate surface area is 173 Å². The molecule has 2 aromatic rings. The second-order valence-electron chi connectivity index (χ2n) is 8.21. The van der Waals surface area contributed by atoms with E-state index in [-0.39, 0.29) is 5.91 Å². The smallest absolute Gasteiger partial charge is 0.234 e. The molecule has 1 amide bonds. The van der Waals surface area contributed by atoms with E-state index in [1.165, 1.54) is 16.7 Å². The fraction of sp³-hybridized carbons (Fsp3) is 0.458. The summed E-state index contributed by atoms with van der Waals surface area (Å²) in [6, 6.07) is 16.9. The Morgan fingerprint density at radius 1 is 1.07 bits per heavy atom. The molecule has 0 unspecified atom stereocenters. The first-order chi connectivity index (χ1) is 14.2. The molecule has 0 spiro atoms. The van der Waals surface area contributed by atoms with Gasteiger partial charge in [-0.15, -0.1) is 0 Å². The number of amides is 1. The van der Waals surface area contributed by atoms with Crippen molar-refractivity contribution in [2.24, 2.45) is 0 Å². The van der Waals surface area contributed by atoms with Crippen LogP contribution < -0.4 is 10.1 Å². The summed E-state index contributed by atoms with van der Waals surface area (Å²) in [4.78, 5) is 17.1. The topological polar surface area (TPSA) is 44.8 Å². The zero-order chi connectivity index (χ0) is 20.1. The summed E-state index contributed by atoms with van der Waals surface area (Å²) in [5.74, 6) is 1.50. The highest BCUT2D eigenvalue weighted by Crippen LogP contribution is 2.26. The van der Waals surface area contributed by atoms with Crippen LogP contribution in [0.4, 0.5) is 0 Å². The molecule has 0 radical (unpaired) electrons. The predicted octanol–water partition coefficient (Wildman–Crippen LogP) is 2.66. The van der Waals surface area contributed by atoms with Crippen LogP contribution in [0.25, 0.3) is 0 Å². The Hall–Kier alpha value is -2.37. The maximum Gasteiger partial charge on any atom is 0.234 e. The Morgan fingerprint density at radius 3 is 2.62 bits per heavy atom. The Bertz CT molecular complexity index is 816. The molecule has 0 aromatic heterocycles. The molecule has 4 rings (SSSR count). The number of hydrogen-bond donors (Lipinski definition) is 1. The van der Waals surface area contributed by atoms with Crippen LogP contribution in [0.3, 0.4) is 0 Å². The molecule has 1 N–H and O–H groups in total. The van der Waals surface area contributed by atoms with Gasteiger partial charge in [0.2, 0.25) is 5.91 Å². The zero-order valence-electron chi connectivity index (χ0n) is 17.3. The van der Waals surface area contributed by atoms with Gasteiger partial charge in [-0.3, -0.25) is 14.6 Å². The van der Waals surface area contributed by atoms with E-state index in [0.717, 1.165) is 51.5 Å². The number of ether oxygens (including phenoxy) is 1. The normalized spacial score (nSPS) is 18.1. The fourth-order valence-electron chi connectivity index (χ4n) is 4.13. The minimum absolute atomic E-state index is 0.125. The summed E-state index contributed by atoms with van der Waals surface area (Å²) in [5, 5.41) is 3.10. The first kappa shape index (κ1) is 19.9. The lowest BCUT2D eigenvalue weighted by molar-refractivity contribution is -0.122. The van der Waals surface area contributed by atoms with E-state index in [0.29, 0.717) is 19.0 Å². The minimum Gasteiger partial charge on any atom is -0.493 e. The number of benzene rings is 2. The summed E-state index contributed by atoms with van der Waals surface area (Å²) in [7, 11) is 0. The maximum absolute atomic E-state index is 12.3. The van der Waals surface area contributed by atoms with Gasteiger partial charge in [0.25, 0.3) is 0 Å². The Balaban J connectivity index is 1.17. The van der Waals surface area contributed by atoms with Crippen LogP contribution in [0.2, 0.25) is 0 Å². The van der Waals surface area contributed by atoms with Crippen molar-refractivity contribution in [1.29, 1.82) is 0 Å². The summed E-state index contributed by atoms with van der Waals surface area (Å²) < 4.78 is 5.60. The predicted molar refractivity (Wildman–Crippen MR) is 115 cm³/mol. The van der Waals surface area contributed by atoms with Crippen LogP contribution in [-0.4, -0.2) is 61.6 Å². The van der Waals surface area contributed by atoms with Crippen molar-refractivity contribution >= 4 is 5.91 Å². The van der Waals surface area contributed by atoms with Gasteiger partial charge in [-0.1, -0.05) is 49.4 Å². The van der Waals surface area contributed by atoms with Crippen molar-refractivity contribution in [2.45, 2.75) is 25.8 Å². The molecule has 5 nitrogen and oxygen atoms in total. The molecule has 154 valence electrons. The van der Waals surface area contributed by atoms with Gasteiger partial charge in [0.1, 0.15) is 5.75 Å². The van der Waals surface area contributed by atoms with E-state index in [1.807, 2.05) is 18.2 Å². The highest BCUT2D eigenvalue weighted by atomic mass is 16.5. The molecule has 5 heteroatoms. The number of nitrogens with one attached hydrogen (secondary N) is 1. The van der Waals surface area contributed by atoms with Crippen molar-refractivity contribution < 1.29 is 9.53 Å². The van der Waals surface area contributed by atoms with Gasteiger partial charge in [-0.25, -0.2) is 0 Å². The van der Waals surface area contributed by atoms with Crippen LogP contribution in [0, 0.1) is 0 Å². The standard InChI is InChI=1S/C24H31N3O2/c1-19(21-5-3-2-4-6-21)16-25-24(28)18-27-12-10-26(11-13-27)17-20-7-8-23-22(15-20)9-14-29-23/h2-8,15,19H,9-14,16-18H2,1H3,(H,25,28)/t19-/m0/s1. The molecule has 2 heterocycles. The van der Waals surface area contributed by atoms with Gasteiger partial charge < -0.3 is 10.1 Å². The first-order valence-corrected chi connectivity index (χ1v) is 10.7. The van der Waals surface area contributed by atoms with E-state index >= 15 is 0 Å². The maximum atomic E-state index is 12.3. The second kappa shape index (κ2) is 9.42. The van der Waals surface area contributed by atoms with Gasteiger partial charge in [0.15, 0.2) is 0 Å². The average Bonchev–Trinajstić information content (AvgIpc) is 3.22. The number of carbonyl (C=O) groups is 1. The summed E-state index contributed by atoms with van der Waals surface area (Å²) in [5.41, 5.74) is 3.96. The van der Waals surface area contributed by atoms with Crippen LogP contribution in [0.15, 0.2) is 48.5 Å². The second-order valence-corrected chi connectivity index (χ2v) is 8.21. The lowest BCUT2D eigenvalue weighted by Crippen LogP contribution is -2.49. The molecule has 29 heavy (non-hydrogen) atoms. The lowest BCUT2D eigenvalue weighted by atomic mass is 10.0. The highest BCUT2D eigenvalue weighted by molar-refractivity contribution is 5.78. The van der Waals surface area contributed by atoms with E-state index in [2.05, 4.69) is 52.4 Å². The van der Waals surface area contributed by atoms with Gasteiger partial charge in [0, 0.05) is 45.7 Å². The van der Waals surface area contributed by atoms with Crippen molar-refractivity contribution in [1.82, 2.24) is 15.1 Å². The highest BCUT2D eigenvalue weighted by Gasteiger charge is 2.20. The number of piperazine rings is 1. The molecule has 2 aromatic carbocycles. The van der Waals surface area contributed by atoms with E-state index in [9.17, 15) is 4.79 Å². The zero-order valence-corrected chi connectivity index (χ0v) is 17.3. The van der Waals surface area contributed by atoms with Gasteiger partial charge in [-0.05, 0) is 28.7 Å². The third kappa shape index (κ3) is 5.37. The molecular weight excluding hydrogens is 362 g/mol. The summed E-state index contributed by atoms with van der Waals surface area (Å²) >= 11 is 0. The quantitative estimate of drug-likeness (QED) is 0.786. The Morgan fingerprint density at radius 2 is 1.83 bits per heavy atom. The minimum atomic E-state index is 0.125. The van der Waals surface area contributed by atoms with Crippen molar-refractivity contribution in [3.63, 3.8) is 0 Å². The van der Waals surface area contributed by atoms with Gasteiger partial charge >= 0.3 is 0 Å². The number of fused-ring (bicyclic) bond motifs is 1. The Kier molecular flexibility index (Phi) is 6.47. The molecule has 0 aliphatic carbocycles. The summed E-state index contributed by atoms with van der Waals surface area (Å²) in [6.45, 7) is 9.00. The number of hydrogen-bond acceptors (Lipinski definition) is 4. The molecule has 2 aliphatic heterocycles. The van der Waals surface area contributed by atoms with Crippen LogP contribution >= 0.6 is 0 Å². The SMILES string of the molecule is C[C@@H](CNC(=O)CN1CCN(Cc2ccc3c(c2)CCO3)CC1)c1ccccc1. The van der Waals surface area contributed by atoms with Crippen molar-refractivity contribution in [3.8, 4) is 5.75 Å². The van der Waals surface area contributed by atoms with Crippen LogP contribution in [0.1, 0.15) is 29.5 Å². The van der Waals surface area contributed by atoms with E-state index < -0.39 is 0 Å². The van der Waals surface area contributed by atoms with Gasteiger partial charge in [-0.2, -0.15) is 0 Å².